The summed E-state index contributed by atoms with van der Waals surface area (Å²) >= 11 is 0. The van der Waals surface area contributed by atoms with Gasteiger partial charge in [0.05, 0.1) is 12.5 Å². The molecule has 0 radical (unpaired) electrons. The summed E-state index contributed by atoms with van der Waals surface area (Å²) in [5.74, 6) is -0.162. The number of carbonyl (C=O) groups excluding carboxylic acids is 3. The maximum Gasteiger partial charge on any atom is 0.289 e. The van der Waals surface area contributed by atoms with Gasteiger partial charge < -0.3 is 19.5 Å². The molecule has 0 spiro atoms. The van der Waals surface area contributed by atoms with Crippen molar-refractivity contribution < 1.29 is 18.8 Å². The van der Waals surface area contributed by atoms with Crippen molar-refractivity contribution in [2.24, 2.45) is 5.92 Å². The third kappa shape index (κ3) is 4.52. The Bertz CT molecular complexity index is 831. The molecule has 1 N–H and O–H groups in total. The van der Waals surface area contributed by atoms with E-state index in [0.717, 1.165) is 5.56 Å². The lowest BCUT2D eigenvalue weighted by Crippen LogP contribution is -2.32. The van der Waals surface area contributed by atoms with E-state index in [-0.39, 0.29) is 36.4 Å². The minimum atomic E-state index is -0.396. The number of nitrogens with one attached hydrogen (secondary N) is 1. The summed E-state index contributed by atoms with van der Waals surface area (Å²) in [5, 5.41) is 2.78. The number of aromatic nitrogens is 1. The van der Waals surface area contributed by atoms with E-state index < -0.39 is 5.92 Å². The summed E-state index contributed by atoms with van der Waals surface area (Å²) in [5.41, 5.74) is 0.931. The molecule has 0 unspecified atom stereocenters. The maximum absolute atomic E-state index is 12.4. The molecule has 0 saturated carbocycles. The number of nitrogens with zero attached hydrogens (tertiary/aromatic N) is 3. The Hall–Kier alpha value is -3.16. The van der Waals surface area contributed by atoms with Crippen LogP contribution in [0.1, 0.15) is 28.3 Å². The van der Waals surface area contributed by atoms with Crippen LogP contribution in [0.15, 0.2) is 41.1 Å². The number of amides is 3. The fourth-order valence-corrected chi connectivity index (χ4v) is 2.94. The van der Waals surface area contributed by atoms with Gasteiger partial charge in [0.2, 0.25) is 11.8 Å². The lowest BCUT2D eigenvalue weighted by Gasteiger charge is -2.16. The van der Waals surface area contributed by atoms with Crippen LogP contribution in [0.25, 0.3) is 0 Å². The number of rotatable bonds is 6. The number of pyridine rings is 1. The maximum atomic E-state index is 12.4. The van der Waals surface area contributed by atoms with E-state index in [1.807, 2.05) is 12.1 Å². The van der Waals surface area contributed by atoms with Gasteiger partial charge >= 0.3 is 0 Å². The van der Waals surface area contributed by atoms with Gasteiger partial charge in [0.15, 0.2) is 5.76 Å². The summed E-state index contributed by atoms with van der Waals surface area (Å²) in [7, 11) is 3.28. The molecule has 1 aliphatic heterocycles. The van der Waals surface area contributed by atoms with Gasteiger partial charge in [-0.2, -0.15) is 0 Å². The molecular weight excluding hydrogens is 348 g/mol. The van der Waals surface area contributed by atoms with Crippen molar-refractivity contribution >= 4 is 17.7 Å². The number of furan rings is 1. The molecule has 1 atom stereocenters. The Labute approximate surface area is 157 Å². The first-order chi connectivity index (χ1) is 12.9. The summed E-state index contributed by atoms with van der Waals surface area (Å²) in [6.45, 7) is 1.000. The van der Waals surface area contributed by atoms with Crippen LogP contribution in [0.4, 0.5) is 0 Å². The normalized spacial score (nSPS) is 16.4. The van der Waals surface area contributed by atoms with Crippen molar-refractivity contribution in [2.45, 2.75) is 19.5 Å². The minimum Gasteiger partial charge on any atom is -0.454 e. The molecule has 3 heterocycles. The van der Waals surface area contributed by atoms with Gasteiger partial charge in [-0.3, -0.25) is 19.4 Å². The highest BCUT2D eigenvalue weighted by Crippen LogP contribution is 2.20. The largest absolute Gasteiger partial charge is 0.454 e. The van der Waals surface area contributed by atoms with Gasteiger partial charge in [-0.25, -0.2) is 0 Å². The standard InChI is InChI=1S/C19H22N4O4/c1-22(2)19(26)16-6-5-15(27-16)10-21-18(25)14-8-17(24)23(12-14)11-13-4-3-7-20-9-13/h3-7,9,14H,8,10-12H2,1-2H3,(H,21,25)/t14-/m1/s1. The number of hydrogen-bond donors (Lipinski definition) is 1. The van der Waals surface area contributed by atoms with Crippen molar-refractivity contribution in [1.29, 1.82) is 0 Å². The first-order valence-electron chi connectivity index (χ1n) is 8.69. The second kappa shape index (κ2) is 8.03. The average Bonchev–Trinajstić information content (AvgIpc) is 3.27. The lowest BCUT2D eigenvalue weighted by atomic mass is 10.1. The molecule has 0 aliphatic carbocycles. The minimum absolute atomic E-state index is 0.0455. The third-order valence-corrected chi connectivity index (χ3v) is 4.40. The molecule has 1 saturated heterocycles. The van der Waals surface area contributed by atoms with Crippen molar-refractivity contribution in [3.05, 3.63) is 53.7 Å². The van der Waals surface area contributed by atoms with Crippen LogP contribution in [0.3, 0.4) is 0 Å². The van der Waals surface area contributed by atoms with E-state index in [1.54, 1.807) is 43.5 Å². The monoisotopic (exact) mass is 370 g/mol. The third-order valence-electron chi connectivity index (χ3n) is 4.40. The predicted molar refractivity (Wildman–Crippen MR) is 96.3 cm³/mol. The van der Waals surface area contributed by atoms with Crippen LogP contribution in [-0.4, -0.2) is 53.1 Å². The second-order valence-electron chi connectivity index (χ2n) is 6.72. The fraction of sp³-hybridized carbons (Fsp3) is 0.368. The highest BCUT2D eigenvalue weighted by atomic mass is 16.4. The topological polar surface area (TPSA) is 95.8 Å². The van der Waals surface area contributed by atoms with E-state index in [1.165, 1.54) is 4.90 Å². The summed E-state index contributed by atoms with van der Waals surface area (Å²) in [6, 6.07) is 6.96. The fourth-order valence-electron chi connectivity index (χ4n) is 2.94. The molecule has 8 heteroatoms. The van der Waals surface area contributed by atoms with E-state index in [2.05, 4.69) is 10.3 Å². The summed E-state index contributed by atoms with van der Waals surface area (Å²) in [4.78, 5) is 43.5. The molecule has 8 nitrogen and oxygen atoms in total. The van der Waals surface area contributed by atoms with Crippen LogP contribution in [-0.2, 0) is 22.7 Å². The zero-order chi connectivity index (χ0) is 19.4. The molecule has 2 aromatic rings. The van der Waals surface area contributed by atoms with Crippen LogP contribution < -0.4 is 5.32 Å². The number of likely N-dealkylation sites (tertiary alicyclic amines) is 1. The van der Waals surface area contributed by atoms with E-state index in [4.69, 9.17) is 4.42 Å². The van der Waals surface area contributed by atoms with Crippen LogP contribution in [0.5, 0.6) is 0 Å². The molecule has 142 valence electrons. The molecule has 2 aromatic heterocycles. The van der Waals surface area contributed by atoms with Crippen molar-refractivity contribution in [3.8, 4) is 0 Å². The van der Waals surface area contributed by atoms with Gasteiger partial charge in [-0.1, -0.05) is 6.07 Å². The van der Waals surface area contributed by atoms with Crippen molar-refractivity contribution in [1.82, 2.24) is 20.1 Å². The Morgan fingerprint density at radius 3 is 2.85 bits per heavy atom. The first kappa shape index (κ1) is 18.6. The smallest absolute Gasteiger partial charge is 0.289 e. The molecular formula is C19H22N4O4. The molecule has 1 fully saturated rings. The zero-order valence-electron chi connectivity index (χ0n) is 15.3. The van der Waals surface area contributed by atoms with Gasteiger partial charge in [0, 0.05) is 46.0 Å². The van der Waals surface area contributed by atoms with Gasteiger partial charge in [-0.15, -0.1) is 0 Å². The number of carbonyl (C=O) groups is 3. The SMILES string of the molecule is CN(C)C(=O)c1ccc(CNC(=O)[C@@H]2CC(=O)N(Cc3cccnc3)C2)o1. The quantitative estimate of drug-likeness (QED) is 0.820. The molecule has 3 rings (SSSR count). The lowest BCUT2D eigenvalue weighted by molar-refractivity contribution is -0.129. The zero-order valence-corrected chi connectivity index (χ0v) is 15.3. The average molecular weight is 370 g/mol. The Balaban J connectivity index is 1.52. The highest BCUT2D eigenvalue weighted by molar-refractivity contribution is 5.91. The van der Waals surface area contributed by atoms with Crippen molar-refractivity contribution in [3.63, 3.8) is 0 Å². The molecule has 1 aliphatic rings. The Morgan fingerprint density at radius 1 is 1.33 bits per heavy atom. The van der Waals surface area contributed by atoms with Gasteiger partial charge in [0.1, 0.15) is 5.76 Å². The molecule has 0 bridgehead atoms. The van der Waals surface area contributed by atoms with E-state index in [9.17, 15) is 14.4 Å². The van der Waals surface area contributed by atoms with E-state index >= 15 is 0 Å². The molecule has 27 heavy (non-hydrogen) atoms. The van der Waals surface area contributed by atoms with Crippen LogP contribution in [0.2, 0.25) is 0 Å². The number of hydrogen-bond acceptors (Lipinski definition) is 5. The molecule has 0 aromatic carbocycles. The van der Waals surface area contributed by atoms with Gasteiger partial charge in [-0.05, 0) is 23.8 Å². The van der Waals surface area contributed by atoms with E-state index in [0.29, 0.717) is 18.8 Å². The summed E-state index contributed by atoms with van der Waals surface area (Å²) < 4.78 is 5.45. The first-order valence-corrected chi connectivity index (χ1v) is 8.69. The Morgan fingerprint density at radius 2 is 2.15 bits per heavy atom. The second-order valence-corrected chi connectivity index (χ2v) is 6.72. The molecule has 3 amide bonds. The predicted octanol–water partition coefficient (Wildman–Crippen LogP) is 1.04. The highest BCUT2D eigenvalue weighted by Gasteiger charge is 2.34. The summed E-state index contributed by atoms with van der Waals surface area (Å²) in [6.07, 6.45) is 3.58. The van der Waals surface area contributed by atoms with Crippen LogP contribution >= 0.6 is 0 Å². The Kier molecular flexibility index (Phi) is 5.54. The van der Waals surface area contributed by atoms with Crippen molar-refractivity contribution in [2.75, 3.05) is 20.6 Å². The van der Waals surface area contributed by atoms with Gasteiger partial charge in [0.25, 0.3) is 5.91 Å². The van der Waals surface area contributed by atoms with Crippen LogP contribution in [0, 0.1) is 5.92 Å².